The summed E-state index contributed by atoms with van der Waals surface area (Å²) in [5.41, 5.74) is 0. The van der Waals surface area contributed by atoms with Gasteiger partial charge in [-0.15, -0.1) is 0 Å². The van der Waals surface area contributed by atoms with Gasteiger partial charge in [-0.05, 0) is 24.6 Å². The van der Waals surface area contributed by atoms with Crippen molar-refractivity contribution in [3.8, 4) is 0 Å². The SMILES string of the molecule is O=S(=O)(c1cc(Cl)ccc1Cl)N1CCCC2(C1)OCCO2. The normalized spacial score (nSPS) is 22.8. The van der Waals surface area contributed by atoms with Crippen LogP contribution in [0.3, 0.4) is 0 Å². The lowest BCUT2D eigenvalue weighted by molar-refractivity contribution is -0.179. The van der Waals surface area contributed by atoms with Crippen LogP contribution in [0.25, 0.3) is 0 Å². The number of ether oxygens (including phenoxy) is 2. The Labute approximate surface area is 133 Å². The summed E-state index contributed by atoms with van der Waals surface area (Å²) in [5, 5.41) is 0.491. The average molecular weight is 352 g/mol. The molecule has 0 unspecified atom stereocenters. The van der Waals surface area contributed by atoms with Gasteiger partial charge in [-0.2, -0.15) is 4.31 Å². The Morgan fingerprint density at radius 3 is 2.62 bits per heavy atom. The van der Waals surface area contributed by atoms with Gasteiger partial charge in [0, 0.05) is 18.0 Å². The fourth-order valence-corrected chi connectivity index (χ4v) is 4.95. The molecule has 0 bridgehead atoms. The maximum Gasteiger partial charge on any atom is 0.244 e. The second-order valence-electron chi connectivity index (χ2n) is 5.12. The summed E-state index contributed by atoms with van der Waals surface area (Å²) >= 11 is 11.9. The van der Waals surface area contributed by atoms with Crippen LogP contribution in [-0.4, -0.2) is 44.8 Å². The molecule has 3 rings (SSSR count). The lowest BCUT2D eigenvalue weighted by Crippen LogP contribution is -2.50. The predicted octanol–water partition coefficient (Wildman–Crippen LogP) is 2.52. The van der Waals surface area contributed by atoms with E-state index in [2.05, 4.69) is 0 Å². The minimum absolute atomic E-state index is 0.0201. The fraction of sp³-hybridized carbons (Fsp3) is 0.538. The van der Waals surface area contributed by atoms with Gasteiger partial charge in [-0.1, -0.05) is 23.2 Å². The molecule has 2 aliphatic heterocycles. The van der Waals surface area contributed by atoms with E-state index in [0.29, 0.717) is 37.6 Å². The van der Waals surface area contributed by atoms with Crippen molar-refractivity contribution in [1.82, 2.24) is 4.31 Å². The minimum atomic E-state index is -3.72. The van der Waals surface area contributed by atoms with Crippen molar-refractivity contribution in [2.75, 3.05) is 26.3 Å². The molecule has 2 heterocycles. The molecule has 21 heavy (non-hydrogen) atoms. The van der Waals surface area contributed by atoms with Crippen molar-refractivity contribution in [3.63, 3.8) is 0 Å². The molecule has 0 saturated carbocycles. The summed E-state index contributed by atoms with van der Waals surface area (Å²) in [4.78, 5) is 0.0201. The molecule has 5 nitrogen and oxygen atoms in total. The Bertz CT molecular complexity index is 644. The number of nitrogens with zero attached hydrogens (tertiary/aromatic N) is 1. The van der Waals surface area contributed by atoms with E-state index in [0.717, 1.165) is 0 Å². The van der Waals surface area contributed by atoms with Crippen LogP contribution in [0.15, 0.2) is 23.1 Å². The van der Waals surface area contributed by atoms with Crippen LogP contribution in [0.5, 0.6) is 0 Å². The highest BCUT2D eigenvalue weighted by Crippen LogP contribution is 2.35. The molecule has 2 aliphatic rings. The van der Waals surface area contributed by atoms with E-state index in [9.17, 15) is 8.42 Å². The molecule has 116 valence electrons. The molecule has 8 heteroatoms. The van der Waals surface area contributed by atoms with Gasteiger partial charge in [0.25, 0.3) is 0 Å². The van der Waals surface area contributed by atoms with Crippen molar-refractivity contribution >= 4 is 33.2 Å². The van der Waals surface area contributed by atoms with E-state index < -0.39 is 15.8 Å². The maximum atomic E-state index is 12.8. The zero-order valence-electron chi connectivity index (χ0n) is 11.2. The number of hydrogen-bond donors (Lipinski definition) is 0. The Morgan fingerprint density at radius 2 is 1.90 bits per heavy atom. The Kier molecular flexibility index (Phi) is 4.20. The van der Waals surface area contributed by atoms with Crippen LogP contribution in [0.2, 0.25) is 10.0 Å². The predicted molar refractivity (Wildman–Crippen MR) is 79.1 cm³/mol. The molecule has 0 aliphatic carbocycles. The molecule has 0 atom stereocenters. The van der Waals surface area contributed by atoms with E-state index in [4.69, 9.17) is 32.7 Å². The van der Waals surface area contributed by atoms with Gasteiger partial charge in [-0.3, -0.25) is 0 Å². The number of sulfonamides is 1. The molecule has 1 spiro atoms. The highest BCUT2D eigenvalue weighted by atomic mass is 35.5. The monoisotopic (exact) mass is 351 g/mol. The van der Waals surface area contributed by atoms with Gasteiger partial charge in [0.1, 0.15) is 4.90 Å². The number of rotatable bonds is 2. The lowest BCUT2D eigenvalue weighted by atomic mass is 10.1. The van der Waals surface area contributed by atoms with E-state index in [1.54, 1.807) is 6.07 Å². The smallest absolute Gasteiger partial charge is 0.244 e. The van der Waals surface area contributed by atoms with E-state index in [1.165, 1.54) is 16.4 Å². The molecule has 0 N–H and O–H groups in total. The van der Waals surface area contributed by atoms with Crippen LogP contribution in [0.4, 0.5) is 0 Å². The third-order valence-electron chi connectivity index (χ3n) is 3.71. The zero-order valence-corrected chi connectivity index (χ0v) is 13.5. The van der Waals surface area contributed by atoms with Crippen molar-refractivity contribution in [1.29, 1.82) is 0 Å². The first-order valence-corrected chi connectivity index (χ1v) is 8.86. The second kappa shape index (κ2) is 5.68. The largest absolute Gasteiger partial charge is 0.346 e. The van der Waals surface area contributed by atoms with Crippen LogP contribution in [-0.2, 0) is 19.5 Å². The van der Waals surface area contributed by atoms with Crippen molar-refractivity contribution < 1.29 is 17.9 Å². The number of benzene rings is 1. The summed E-state index contributed by atoms with van der Waals surface area (Å²) in [5.74, 6) is -0.809. The lowest BCUT2D eigenvalue weighted by Gasteiger charge is -2.37. The molecule has 1 aromatic carbocycles. The third-order valence-corrected chi connectivity index (χ3v) is 6.27. The summed E-state index contributed by atoms with van der Waals surface area (Å²) in [6, 6.07) is 4.42. The summed E-state index contributed by atoms with van der Waals surface area (Å²) in [6.45, 7) is 1.58. The molecule has 0 radical (unpaired) electrons. The Balaban J connectivity index is 1.92. The van der Waals surface area contributed by atoms with Crippen LogP contribution in [0, 0.1) is 0 Å². The average Bonchev–Trinajstić information content (AvgIpc) is 2.89. The summed E-state index contributed by atoms with van der Waals surface area (Å²) in [7, 11) is -3.72. The topological polar surface area (TPSA) is 55.8 Å². The van der Waals surface area contributed by atoms with Crippen molar-refractivity contribution in [2.24, 2.45) is 0 Å². The number of piperidine rings is 1. The van der Waals surface area contributed by atoms with Crippen LogP contribution >= 0.6 is 23.2 Å². The number of halogens is 2. The molecule has 2 saturated heterocycles. The zero-order chi connectivity index (χ0) is 15.1. The summed E-state index contributed by atoms with van der Waals surface area (Å²) in [6.07, 6.45) is 1.37. The quantitative estimate of drug-likeness (QED) is 0.821. The standard InChI is InChI=1S/C13H15Cl2NO4S/c14-10-2-3-11(15)12(8-10)21(17,18)16-5-1-4-13(9-16)19-6-7-20-13/h2-3,8H,1,4-7,9H2. The van der Waals surface area contributed by atoms with Gasteiger partial charge in [0.15, 0.2) is 5.79 Å². The van der Waals surface area contributed by atoms with Crippen molar-refractivity contribution in [3.05, 3.63) is 28.2 Å². The van der Waals surface area contributed by atoms with Crippen LogP contribution < -0.4 is 0 Å². The van der Waals surface area contributed by atoms with Gasteiger partial charge in [0.05, 0.1) is 24.8 Å². The van der Waals surface area contributed by atoms with E-state index in [-0.39, 0.29) is 16.5 Å². The van der Waals surface area contributed by atoms with Crippen LogP contribution in [0.1, 0.15) is 12.8 Å². The Morgan fingerprint density at radius 1 is 1.19 bits per heavy atom. The van der Waals surface area contributed by atoms with Crippen molar-refractivity contribution in [2.45, 2.75) is 23.5 Å². The fourth-order valence-electron chi connectivity index (χ4n) is 2.70. The first kappa shape index (κ1) is 15.5. The van der Waals surface area contributed by atoms with E-state index in [1.807, 2.05) is 0 Å². The maximum absolute atomic E-state index is 12.8. The minimum Gasteiger partial charge on any atom is -0.346 e. The number of hydrogen-bond acceptors (Lipinski definition) is 4. The highest BCUT2D eigenvalue weighted by Gasteiger charge is 2.44. The Hall–Kier alpha value is -0.370. The second-order valence-corrected chi connectivity index (χ2v) is 7.87. The first-order valence-electron chi connectivity index (χ1n) is 6.66. The molecular weight excluding hydrogens is 337 g/mol. The van der Waals surface area contributed by atoms with Gasteiger partial charge < -0.3 is 9.47 Å². The molecule has 0 aromatic heterocycles. The van der Waals surface area contributed by atoms with E-state index >= 15 is 0 Å². The first-order chi connectivity index (χ1) is 9.93. The third kappa shape index (κ3) is 2.93. The van der Waals surface area contributed by atoms with Gasteiger partial charge >= 0.3 is 0 Å². The van der Waals surface area contributed by atoms with Gasteiger partial charge in [-0.25, -0.2) is 8.42 Å². The van der Waals surface area contributed by atoms with Gasteiger partial charge in [0.2, 0.25) is 10.0 Å². The highest BCUT2D eigenvalue weighted by molar-refractivity contribution is 7.89. The molecule has 0 amide bonds. The molecular formula is C13H15Cl2NO4S. The molecule has 2 fully saturated rings. The molecule has 1 aromatic rings. The summed E-state index contributed by atoms with van der Waals surface area (Å²) < 4.78 is 38.1.